The zero-order valence-electron chi connectivity index (χ0n) is 24.1. The highest BCUT2D eigenvalue weighted by Crippen LogP contribution is 2.44. The largest absolute Gasteiger partial charge is 0.411 e. The van der Waals surface area contributed by atoms with Gasteiger partial charge in [-0.1, -0.05) is 57.6 Å². The molecular weight excluding hydrogens is 466 g/mol. The normalized spacial score (nSPS) is 32.8. The van der Waals surface area contributed by atoms with E-state index in [9.17, 15) is 4.79 Å². The SMILES string of the molecule is CC(/C=C/[C@H]1OCC[C@@]2(CO2)[C@@H]1C)=C\C[C@H]1CC[C@@H](NC(=O)/C=C\[C@H](C)O[Si](C)(C)C(C)(C)C)CC1. The second kappa shape index (κ2) is 12.1. The average Bonchev–Trinajstić information content (AvgIpc) is 3.57. The van der Waals surface area contributed by atoms with Crippen LogP contribution in [0.1, 0.15) is 80.1 Å². The highest BCUT2D eigenvalue weighted by atomic mass is 28.4. The molecule has 0 aromatic heterocycles. The monoisotopic (exact) mass is 517 g/mol. The Kier molecular flexibility index (Phi) is 9.86. The molecule has 1 amide bonds. The number of hydrogen-bond donors (Lipinski definition) is 1. The van der Waals surface area contributed by atoms with Crippen LogP contribution < -0.4 is 5.32 Å². The van der Waals surface area contributed by atoms with Crippen molar-refractivity contribution in [2.45, 2.75) is 122 Å². The molecule has 0 radical (unpaired) electrons. The Morgan fingerprint density at radius 3 is 2.47 bits per heavy atom. The lowest BCUT2D eigenvalue weighted by Crippen LogP contribution is -2.43. The Hall–Kier alpha value is -1.21. The quantitative estimate of drug-likeness (QED) is 0.160. The van der Waals surface area contributed by atoms with E-state index in [4.69, 9.17) is 13.9 Å². The smallest absolute Gasteiger partial charge is 0.243 e. The van der Waals surface area contributed by atoms with Crippen molar-refractivity contribution in [1.82, 2.24) is 5.32 Å². The van der Waals surface area contributed by atoms with Gasteiger partial charge in [-0.3, -0.25) is 4.79 Å². The topological polar surface area (TPSA) is 60.1 Å². The molecule has 3 fully saturated rings. The van der Waals surface area contributed by atoms with E-state index >= 15 is 0 Å². The first kappa shape index (κ1) is 29.3. The van der Waals surface area contributed by atoms with E-state index in [1.807, 2.05) is 13.0 Å². The zero-order chi connectivity index (χ0) is 26.6. The Morgan fingerprint density at radius 1 is 1.19 bits per heavy atom. The summed E-state index contributed by atoms with van der Waals surface area (Å²) in [4.78, 5) is 12.5. The van der Waals surface area contributed by atoms with Crippen LogP contribution >= 0.6 is 0 Å². The van der Waals surface area contributed by atoms with Gasteiger partial charge in [0.25, 0.3) is 0 Å². The molecule has 6 heteroatoms. The molecule has 3 rings (SSSR count). The van der Waals surface area contributed by atoms with Crippen LogP contribution in [0.3, 0.4) is 0 Å². The van der Waals surface area contributed by atoms with Gasteiger partial charge in [0, 0.05) is 24.5 Å². The highest BCUT2D eigenvalue weighted by molar-refractivity contribution is 6.74. The van der Waals surface area contributed by atoms with E-state index in [1.165, 1.54) is 5.57 Å². The summed E-state index contributed by atoms with van der Waals surface area (Å²) in [6.45, 7) is 19.3. The Labute approximate surface area is 221 Å². The Morgan fingerprint density at radius 2 is 1.86 bits per heavy atom. The van der Waals surface area contributed by atoms with Crippen LogP contribution in [0.25, 0.3) is 0 Å². The number of carbonyl (C=O) groups excluding carboxylic acids is 1. The number of hydrogen-bond acceptors (Lipinski definition) is 4. The summed E-state index contributed by atoms with van der Waals surface area (Å²) in [6.07, 6.45) is 17.0. The minimum atomic E-state index is -1.83. The summed E-state index contributed by atoms with van der Waals surface area (Å²) in [5, 5.41) is 3.37. The summed E-state index contributed by atoms with van der Waals surface area (Å²) >= 11 is 0. The van der Waals surface area contributed by atoms with Gasteiger partial charge in [-0.15, -0.1) is 0 Å². The van der Waals surface area contributed by atoms with Gasteiger partial charge >= 0.3 is 0 Å². The van der Waals surface area contributed by atoms with E-state index < -0.39 is 8.32 Å². The molecule has 4 atom stereocenters. The number of nitrogens with one attached hydrogen (secondary N) is 1. The summed E-state index contributed by atoms with van der Waals surface area (Å²) in [5.74, 6) is 1.12. The summed E-state index contributed by atoms with van der Waals surface area (Å²) in [5.41, 5.74) is 1.39. The van der Waals surface area contributed by atoms with Gasteiger partial charge in [0.1, 0.15) is 0 Å². The van der Waals surface area contributed by atoms with Crippen LogP contribution in [-0.4, -0.2) is 51.3 Å². The van der Waals surface area contributed by atoms with Crippen molar-refractivity contribution in [1.29, 1.82) is 0 Å². The van der Waals surface area contributed by atoms with Crippen molar-refractivity contribution in [3.8, 4) is 0 Å². The molecule has 204 valence electrons. The lowest BCUT2D eigenvalue weighted by molar-refractivity contribution is -0.117. The van der Waals surface area contributed by atoms with Crippen LogP contribution in [0.5, 0.6) is 0 Å². The van der Waals surface area contributed by atoms with Crippen LogP contribution in [-0.2, 0) is 18.7 Å². The molecule has 5 nitrogen and oxygen atoms in total. The van der Waals surface area contributed by atoms with Gasteiger partial charge in [-0.2, -0.15) is 0 Å². The number of amides is 1. The van der Waals surface area contributed by atoms with Crippen LogP contribution in [0.15, 0.2) is 36.0 Å². The molecule has 2 saturated heterocycles. The third-order valence-electron chi connectivity index (χ3n) is 8.99. The van der Waals surface area contributed by atoms with E-state index in [0.29, 0.717) is 11.8 Å². The predicted octanol–water partition coefficient (Wildman–Crippen LogP) is 6.71. The van der Waals surface area contributed by atoms with Crippen molar-refractivity contribution < 1.29 is 18.7 Å². The number of epoxide rings is 1. The molecule has 0 bridgehead atoms. The first-order valence-electron chi connectivity index (χ1n) is 14.1. The second-order valence-corrected chi connectivity index (χ2v) is 17.7. The first-order valence-corrected chi connectivity index (χ1v) is 17.0. The molecule has 1 saturated carbocycles. The third-order valence-corrected chi connectivity index (χ3v) is 13.6. The molecule has 0 aromatic rings. The Bertz CT molecular complexity index is 828. The fraction of sp³-hybridized carbons (Fsp3) is 0.767. The van der Waals surface area contributed by atoms with E-state index in [2.05, 4.69) is 71.3 Å². The average molecular weight is 518 g/mol. The summed E-state index contributed by atoms with van der Waals surface area (Å²) < 4.78 is 18.0. The lowest BCUT2D eigenvalue weighted by Gasteiger charge is -2.37. The third kappa shape index (κ3) is 8.14. The van der Waals surface area contributed by atoms with Crippen molar-refractivity contribution in [3.63, 3.8) is 0 Å². The maximum atomic E-state index is 12.5. The molecule has 2 aliphatic heterocycles. The molecular formula is C30H51NO4Si. The maximum absolute atomic E-state index is 12.5. The van der Waals surface area contributed by atoms with Gasteiger partial charge in [-0.25, -0.2) is 0 Å². The van der Waals surface area contributed by atoms with E-state index in [1.54, 1.807) is 6.08 Å². The highest BCUT2D eigenvalue weighted by Gasteiger charge is 2.53. The zero-order valence-corrected chi connectivity index (χ0v) is 25.1. The van der Waals surface area contributed by atoms with E-state index in [-0.39, 0.29) is 34.8 Å². The number of allylic oxidation sites excluding steroid dienone is 3. The maximum Gasteiger partial charge on any atom is 0.243 e. The van der Waals surface area contributed by atoms with E-state index in [0.717, 1.165) is 51.7 Å². The summed E-state index contributed by atoms with van der Waals surface area (Å²) in [6, 6.07) is 0.280. The van der Waals surface area contributed by atoms with Crippen molar-refractivity contribution in [2.24, 2.45) is 11.8 Å². The Balaban J connectivity index is 1.35. The molecule has 36 heavy (non-hydrogen) atoms. The minimum absolute atomic E-state index is 0.00236. The second-order valence-electron chi connectivity index (χ2n) is 12.9. The minimum Gasteiger partial charge on any atom is -0.411 e. The molecule has 0 aromatic carbocycles. The molecule has 1 aliphatic carbocycles. The van der Waals surface area contributed by atoms with Crippen LogP contribution in [0, 0.1) is 11.8 Å². The molecule has 2 heterocycles. The van der Waals surface area contributed by atoms with Crippen LogP contribution in [0.4, 0.5) is 0 Å². The molecule has 1 N–H and O–H groups in total. The molecule has 3 aliphatic rings. The fourth-order valence-electron chi connectivity index (χ4n) is 5.12. The predicted molar refractivity (Wildman–Crippen MR) is 150 cm³/mol. The van der Waals surface area contributed by atoms with Crippen LogP contribution in [0.2, 0.25) is 18.1 Å². The lowest BCUT2D eigenvalue weighted by atomic mass is 9.83. The molecule has 1 spiro atoms. The van der Waals surface area contributed by atoms with Gasteiger partial charge in [0.2, 0.25) is 5.91 Å². The summed E-state index contributed by atoms with van der Waals surface area (Å²) in [7, 11) is -1.83. The first-order chi connectivity index (χ1) is 16.8. The number of ether oxygens (including phenoxy) is 2. The van der Waals surface area contributed by atoms with Gasteiger partial charge in [0.05, 0.1) is 31.0 Å². The van der Waals surface area contributed by atoms with Crippen molar-refractivity contribution in [3.05, 3.63) is 36.0 Å². The van der Waals surface area contributed by atoms with Crippen molar-refractivity contribution in [2.75, 3.05) is 13.2 Å². The van der Waals surface area contributed by atoms with Gasteiger partial charge in [-0.05, 0) is 70.0 Å². The fourth-order valence-corrected chi connectivity index (χ4v) is 6.49. The number of carbonyl (C=O) groups is 1. The molecule has 0 unspecified atom stereocenters. The van der Waals surface area contributed by atoms with Crippen molar-refractivity contribution >= 4 is 14.2 Å². The number of rotatable bonds is 9. The standard InChI is InChI=1S/C30H51NO4Si/c1-22(10-17-27-24(3)30(21-34-30)19-20-33-27)9-12-25-13-15-26(16-14-25)31-28(32)18-11-23(2)35-36(7,8)29(4,5)6/h9-11,17-18,23-27H,12-16,19-21H2,1-8H3,(H,31,32)/b17-10+,18-11-,22-9+/t23-,24+,25-,26+,27+,30+/m0/s1. The van der Waals surface area contributed by atoms with Gasteiger partial charge in [0.15, 0.2) is 8.32 Å². The van der Waals surface area contributed by atoms with Gasteiger partial charge < -0.3 is 19.2 Å².